The van der Waals surface area contributed by atoms with Crippen LogP contribution in [0.4, 0.5) is 14.5 Å². The molecule has 186 valence electrons. The van der Waals surface area contributed by atoms with E-state index in [0.29, 0.717) is 30.2 Å². The number of rotatable bonds is 7. The van der Waals surface area contributed by atoms with Crippen LogP contribution in [0, 0.1) is 11.7 Å². The molecule has 0 unspecified atom stereocenters. The molecule has 0 radical (unpaired) electrons. The van der Waals surface area contributed by atoms with E-state index in [-0.39, 0.29) is 30.2 Å². The summed E-state index contributed by atoms with van der Waals surface area (Å²) in [5.74, 6) is 1.27. The van der Waals surface area contributed by atoms with E-state index < -0.39 is 6.67 Å². The second-order valence-corrected chi connectivity index (χ2v) is 9.04. The van der Waals surface area contributed by atoms with E-state index in [0.717, 1.165) is 29.7 Å². The number of nitrogens with one attached hydrogen (secondary N) is 1. The van der Waals surface area contributed by atoms with Gasteiger partial charge in [-0.25, -0.2) is 8.78 Å². The molecule has 1 atom stereocenters. The Bertz CT molecular complexity index is 1240. The summed E-state index contributed by atoms with van der Waals surface area (Å²) in [6, 6.07) is 19.7. The van der Waals surface area contributed by atoms with Gasteiger partial charge in [0.2, 0.25) is 0 Å². The molecular weight excluding hydrogens is 462 g/mol. The van der Waals surface area contributed by atoms with Gasteiger partial charge >= 0.3 is 0 Å². The highest BCUT2D eigenvalue weighted by Crippen LogP contribution is 2.39. The Morgan fingerprint density at radius 1 is 1.06 bits per heavy atom. The van der Waals surface area contributed by atoms with Gasteiger partial charge in [-0.3, -0.25) is 4.79 Å². The summed E-state index contributed by atoms with van der Waals surface area (Å²) in [7, 11) is 0. The van der Waals surface area contributed by atoms with E-state index in [1.54, 1.807) is 24.6 Å². The Morgan fingerprint density at radius 3 is 2.64 bits per heavy atom. The lowest BCUT2D eigenvalue weighted by molar-refractivity contribution is 0.0683. The van der Waals surface area contributed by atoms with Crippen LogP contribution in [0.1, 0.15) is 40.2 Å². The quantitative estimate of drug-likeness (QED) is 0.433. The SMILES string of the molecule is O=C(c1ccc2c(c1)NC=CO2)N1CCC([C@H](c2ccc(F)cc2)c2cccc(OCCF)c2)CC1. The maximum atomic E-state index is 13.7. The minimum absolute atomic E-state index is 0.00575. The number of amides is 1. The summed E-state index contributed by atoms with van der Waals surface area (Å²) in [6.45, 7) is 0.703. The summed E-state index contributed by atoms with van der Waals surface area (Å²) >= 11 is 0. The van der Waals surface area contributed by atoms with E-state index in [9.17, 15) is 13.6 Å². The number of ether oxygens (including phenoxy) is 2. The molecule has 7 heteroatoms. The van der Waals surface area contributed by atoms with Crippen molar-refractivity contribution in [3.05, 3.63) is 102 Å². The number of hydrogen-bond donors (Lipinski definition) is 1. The molecule has 2 aliphatic rings. The first-order chi connectivity index (χ1) is 17.6. The zero-order valence-corrected chi connectivity index (χ0v) is 19.8. The molecule has 1 saturated heterocycles. The fourth-order valence-electron chi connectivity index (χ4n) is 5.09. The molecule has 1 amide bonds. The maximum Gasteiger partial charge on any atom is 0.253 e. The minimum Gasteiger partial charge on any atom is -0.491 e. The molecule has 1 fully saturated rings. The maximum absolute atomic E-state index is 13.7. The molecular formula is C29H28F2N2O3. The highest BCUT2D eigenvalue weighted by atomic mass is 19.1. The lowest BCUT2D eigenvalue weighted by Gasteiger charge is -2.37. The van der Waals surface area contributed by atoms with Crippen LogP contribution in [0.15, 0.2) is 79.2 Å². The van der Waals surface area contributed by atoms with Gasteiger partial charge in [-0.1, -0.05) is 24.3 Å². The summed E-state index contributed by atoms with van der Waals surface area (Å²) in [4.78, 5) is 15.1. The Hall–Kier alpha value is -3.87. The van der Waals surface area contributed by atoms with E-state index in [1.807, 2.05) is 47.4 Å². The van der Waals surface area contributed by atoms with Gasteiger partial charge < -0.3 is 19.7 Å². The number of piperidine rings is 1. The molecule has 0 aliphatic carbocycles. The molecule has 5 nitrogen and oxygen atoms in total. The topological polar surface area (TPSA) is 50.8 Å². The van der Waals surface area contributed by atoms with Crippen molar-refractivity contribution in [1.29, 1.82) is 0 Å². The average molecular weight is 491 g/mol. The first-order valence-electron chi connectivity index (χ1n) is 12.2. The Balaban J connectivity index is 1.33. The molecule has 0 spiro atoms. The highest BCUT2D eigenvalue weighted by Gasteiger charge is 2.31. The summed E-state index contributed by atoms with van der Waals surface area (Å²) < 4.78 is 37.3. The van der Waals surface area contributed by atoms with Gasteiger partial charge in [-0.2, -0.15) is 0 Å². The second-order valence-electron chi connectivity index (χ2n) is 9.04. The number of anilines is 1. The van der Waals surface area contributed by atoms with Crippen LogP contribution >= 0.6 is 0 Å². The molecule has 1 N–H and O–H groups in total. The number of carbonyl (C=O) groups excluding carboxylic acids is 1. The van der Waals surface area contributed by atoms with Gasteiger partial charge in [-0.05, 0) is 72.4 Å². The molecule has 36 heavy (non-hydrogen) atoms. The molecule has 2 heterocycles. The van der Waals surface area contributed by atoms with Gasteiger partial charge in [0, 0.05) is 30.8 Å². The minimum atomic E-state index is -0.553. The molecule has 5 rings (SSSR count). The first-order valence-corrected chi connectivity index (χ1v) is 12.2. The molecule has 3 aromatic rings. The number of hydrogen-bond acceptors (Lipinski definition) is 4. The Morgan fingerprint density at radius 2 is 1.86 bits per heavy atom. The number of nitrogens with zero attached hydrogens (tertiary/aromatic N) is 1. The molecule has 0 saturated carbocycles. The zero-order valence-electron chi connectivity index (χ0n) is 19.8. The summed E-state index contributed by atoms with van der Waals surface area (Å²) in [5, 5.41) is 3.11. The van der Waals surface area contributed by atoms with Gasteiger partial charge in [0.15, 0.2) is 0 Å². The lowest BCUT2D eigenvalue weighted by atomic mass is 9.76. The van der Waals surface area contributed by atoms with Crippen molar-refractivity contribution in [2.24, 2.45) is 5.92 Å². The van der Waals surface area contributed by atoms with Crippen molar-refractivity contribution in [3.8, 4) is 11.5 Å². The van der Waals surface area contributed by atoms with E-state index >= 15 is 0 Å². The van der Waals surface area contributed by atoms with Crippen LogP contribution in [0.25, 0.3) is 0 Å². The van der Waals surface area contributed by atoms with Gasteiger partial charge in [-0.15, -0.1) is 0 Å². The second kappa shape index (κ2) is 10.8. The van der Waals surface area contributed by atoms with Crippen LogP contribution in [0.2, 0.25) is 0 Å². The fraction of sp³-hybridized carbons (Fsp3) is 0.276. The standard InChI is InChI=1S/C29H28F2N2O3/c30-12-16-35-25-3-1-2-22(18-25)28(20-4-7-24(31)8-5-20)21-10-14-33(15-11-21)29(34)23-6-9-27-26(19-23)32-13-17-36-27/h1-9,13,17-19,21,28,32H,10-12,14-16H2/t28-/m0/s1. The van der Waals surface area contributed by atoms with Crippen LogP contribution in [-0.2, 0) is 0 Å². The van der Waals surface area contributed by atoms with Crippen LogP contribution in [0.5, 0.6) is 11.5 Å². The lowest BCUT2D eigenvalue weighted by Crippen LogP contribution is -2.40. The summed E-state index contributed by atoms with van der Waals surface area (Å²) in [5.41, 5.74) is 3.44. The fourth-order valence-corrected chi connectivity index (χ4v) is 5.09. The zero-order chi connectivity index (χ0) is 24.9. The first kappa shape index (κ1) is 23.9. The van der Waals surface area contributed by atoms with Crippen molar-refractivity contribution in [1.82, 2.24) is 4.90 Å². The third kappa shape index (κ3) is 5.20. The summed E-state index contributed by atoms with van der Waals surface area (Å²) in [6.07, 6.45) is 4.86. The van der Waals surface area contributed by atoms with E-state index in [1.165, 1.54) is 12.1 Å². The molecule has 2 aliphatic heterocycles. The third-order valence-electron chi connectivity index (χ3n) is 6.82. The van der Waals surface area contributed by atoms with Crippen molar-refractivity contribution in [2.45, 2.75) is 18.8 Å². The Kier molecular flexibility index (Phi) is 7.16. The number of benzene rings is 3. The molecule has 0 bridgehead atoms. The Labute approximate surface area is 209 Å². The predicted octanol–water partition coefficient (Wildman–Crippen LogP) is 6.13. The van der Waals surface area contributed by atoms with Crippen molar-refractivity contribution in [2.75, 3.05) is 31.7 Å². The van der Waals surface area contributed by atoms with Crippen molar-refractivity contribution >= 4 is 11.6 Å². The van der Waals surface area contributed by atoms with Crippen molar-refractivity contribution < 1.29 is 23.0 Å². The van der Waals surface area contributed by atoms with Gasteiger partial charge in [0.05, 0.1) is 5.69 Å². The number of alkyl halides is 1. The third-order valence-corrected chi connectivity index (χ3v) is 6.82. The van der Waals surface area contributed by atoms with Crippen LogP contribution < -0.4 is 14.8 Å². The normalized spacial score (nSPS) is 16.0. The number of halogens is 2. The van der Waals surface area contributed by atoms with Crippen LogP contribution in [-0.4, -0.2) is 37.2 Å². The smallest absolute Gasteiger partial charge is 0.253 e. The molecule has 3 aromatic carbocycles. The van der Waals surface area contributed by atoms with Gasteiger partial charge in [0.25, 0.3) is 5.91 Å². The number of fused-ring (bicyclic) bond motifs is 1. The highest BCUT2D eigenvalue weighted by molar-refractivity contribution is 5.95. The van der Waals surface area contributed by atoms with Gasteiger partial charge in [0.1, 0.15) is 36.9 Å². The molecule has 0 aromatic heterocycles. The number of likely N-dealkylation sites (tertiary alicyclic amines) is 1. The number of carbonyl (C=O) groups is 1. The largest absolute Gasteiger partial charge is 0.491 e. The predicted molar refractivity (Wildman–Crippen MR) is 135 cm³/mol. The van der Waals surface area contributed by atoms with Crippen LogP contribution in [0.3, 0.4) is 0 Å². The monoisotopic (exact) mass is 490 g/mol. The van der Waals surface area contributed by atoms with E-state index in [4.69, 9.17) is 9.47 Å². The average Bonchev–Trinajstić information content (AvgIpc) is 2.93. The van der Waals surface area contributed by atoms with E-state index in [2.05, 4.69) is 5.32 Å². The van der Waals surface area contributed by atoms with Crippen molar-refractivity contribution in [3.63, 3.8) is 0 Å².